The molecule has 1 aromatic carbocycles. The lowest BCUT2D eigenvalue weighted by Crippen LogP contribution is -2.36. The maximum Gasteiger partial charge on any atom is 0.320 e. The van der Waals surface area contributed by atoms with Gasteiger partial charge in [0.25, 0.3) is 5.69 Å². The van der Waals surface area contributed by atoms with E-state index in [1.807, 2.05) is 0 Å². The number of rotatable bonds is 4. The van der Waals surface area contributed by atoms with Crippen molar-refractivity contribution < 1.29 is 19.2 Å². The minimum atomic E-state index is -1.37. The second kappa shape index (κ2) is 5.20. The van der Waals surface area contributed by atoms with Gasteiger partial charge in [-0.25, -0.2) is 0 Å². The van der Waals surface area contributed by atoms with Crippen LogP contribution in [0.15, 0.2) is 18.2 Å². The Morgan fingerprint density at radius 2 is 2.25 bits per heavy atom. The fourth-order valence-corrected chi connectivity index (χ4v) is 2.59. The maximum absolute atomic E-state index is 11.9. The standard InChI is InChI=1S/C13H12ClNO5/c1-8(16)13(5-6-20-12(13)17)7-9-10(14)3-2-4-11(9)15(18)19/h2-4H,5-7H2,1H3. The number of carbonyl (C=O) groups is 2. The number of hydrogen-bond acceptors (Lipinski definition) is 5. The molecule has 0 bridgehead atoms. The van der Waals surface area contributed by atoms with Gasteiger partial charge in [0.1, 0.15) is 11.2 Å². The fraction of sp³-hybridized carbons (Fsp3) is 0.385. The van der Waals surface area contributed by atoms with Gasteiger partial charge in [0, 0.05) is 24.5 Å². The predicted molar refractivity (Wildman–Crippen MR) is 70.5 cm³/mol. The summed E-state index contributed by atoms with van der Waals surface area (Å²) < 4.78 is 4.87. The molecule has 0 saturated carbocycles. The van der Waals surface area contributed by atoms with Gasteiger partial charge in [0.15, 0.2) is 0 Å². The van der Waals surface area contributed by atoms with Gasteiger partial charge in [-0.15, -0.1) is 0 Å². The smallest absolute Gasteiger partial charge is 0.320 e. The van der Waals surface area contributed by atoms with E-state index in [0.29, 0.717) is 0 Å². The van der Waals surface area contributed by atoms with E-state index in [9.17, 15) is 19.7 Å². The zero-order chi connectivity index (χ0) is 14.9. The minimum absolute atomic E-state index is 0.114. The van der Waals surface area contributed by atoms with Crippen molar-refractivity contribution in [3.05, 3.63) is 38.9 Å². The van der Waals surface area contributed by atoms with E-state index >= 15 is 0 Å². The second-order valence-electron chi connectivity index (χ2n) is 4.70. The first-order valence-corrected chi connectivity index (χ1v) is 6.36. The Balaban J connectivity index is 2.50. The normalized spacial score (nSPS) is 21.6. The number of esters is 1. The molecule has 0 N–H and O–H groups in total. The van der Waals surface area contributed by atoms with Crippen LogP contribution >= 0.6 is 11.6 Å². The number of Topliss-reactive ketones (excluding diaryl/α,β-unsaturated/α-hetero) is 1. The largest absolute Gasteiger partial charge is 0.465 e. The number of ether oxygens (including phenoxy) is 1. The molecule has 7 heteroatoms. The van der Waals surface area contributed by atoms with Gasteiger partial charge >= 0.3 is 5.97 Å². The lowest BCUT2D eigenvalue weighted by molar-refractivity contribution is -0.385. The van der Waals surface area contributed by atoms with Crippen molar-refractivity contribution in [3.8, 4) is 0 Å². The summed E-state index contributed by atoms with van der Waals surface area (Å²) in [6, 6.07) is 4.25. The molecule has 2 rings (SSSR count). The zero-order valence-corrected chi connectivity index (χ0v) is 11.5. The van der Waals surface area contributed by atoms with Gasteiger partial charge in [-0.3, -0.25) is 19.7 Å². The molecule has 6 nitrogen and oxygen atoms in total. The van der Waals surface area contributed by atoms with Crippen molar-refractivity contribution in [2.45, 2.75) is 19.8 Å². The number of nitrogens with zero attached hydrogens (tertiary/aromatic N) is 1. The summed E-state index contributed by atoms with van der Waals surface area (Å²) in [7, 11) is 0. The van der Waals surface area contributed by atoms with E-state index < -0.39 is 16.3 Å². The second-order valence-corrected chi connectivity index (χ2v) is 5.10. The third-order valence-electron chi connectivity index (χ3n) is 3.60. The molecule has 1 saturated heterocycles. The molecule has 1 heterocycles. The number of cyclic esters (lactones) is 1. The molecule has 0 radical (unpaired) electrons. The van der Waals surface area contributed by atoms with Crippen LogP contribution in [0.3, 0.4) is 0 Å². The van der Waals surface area contributed by atoms with Crippen LogP contribution in [-0.2, 0) is 20.7 Å². The SMILES string of the molecule is CC(=O)C1(Cc2c(Cl)cccc2[N+](=O)[O-])CCOC1=O. The highest BCUT2D eigenvalue weighted by molar-refractivity contribution is 6.31. The molecular formula is C13H12ClNO5. The summed E-state index contributed by atoms with van der Waals surface area (Å²) in [6.45, 7) is 1.42. The predicted octanol–water partition coefficient (Wildman–Crippen LogP) is 2.31. The lowest BCUT2D eigenvalue weighted by atomic mass is 9.77. The lowest BCUT2D eigenvalue weighted by Gasteiger charge is -2.21. The van der Waals surface area contributed by atoms with Crippen LogP contribution in [0.5, 0.6) is 0 Å². The Morgan fingerprint density at radius 1 is 1.55 bits per heavy atom. The molecule has 1 fully saturated rings. The van der Waals surface area contributed by atoms with Crippen LogP contribution in [0.4, 0.5) is 5.69 Å². The summed E-state index contributed by atoms with van der Waals surface area (Å²) in [5, 5.41) is 11.2. The first-order valence-electron chi connectivity index (χ1n) is 5.98. The highest BCUT2D eigenvalue weighted by atomic mass is 35.5. The van der Waals surface area contributed by atoms with E-state index in [2.05, 4.69) is 0 Å². The van der Waals surface area contributed by atoms with Crippen LogP contribution in [-0.4, -0.2) is 23.3 Å². The average Bonchev–Trinajstić information content (AvgIpc) is 2.74. The summed E-state index contributed by atoms with van der Waals surface area (Å²) in [6.07, 6.45) is 0.0979. The van der Waals surface area contributed by atoms with Crippen molar-refractivity contribution in [3.63, 3.8) is 0 Å². The number of benzene rings is 1. The molecule has 20 heavy (non-hydrogen) atoms. The Labute approximate surface area is 119 Å². The number of halogens is 1. The first kappa shape index (κ1) is 14.5. The number of nitro benzene ring substituents is 1. The highest BCUT2D eigenvalue weighted by Gasteiger charge is 2.50. The molecule has 1 aromatic rings. The third-order valence-corrected chi connectivity index (χ3v) is 3.95. The molecule has 106 valence electrons. The van der Waals surface area contributed by atoms with Crippen molar-refractivity contribution in [1.29, 1.82) is 0 Å². The summed E-state index contributed by atoms with van der Waals surface area (Å²) >= 11 is 6.00. The third kappa shape index (κ3) is 2.27. The Morgan fingerprint density at radius 3 is 2.75 bits per heavy atom. The van der Waals surface area contributed by atoms with Crippen LogP contribution in [0.1, 0.15) is 18.9 Å². The number of hydrogen-bond donors (Lipinski definition) is 0. The first-order chi connectivity index (χ1) is 9.38. The molecule has 0 aromatic heterocycles. The number of ketones is 1. The molecular weight excluding hydrogens is 286 g/mol. The van der Waals surface area contributed by atoms with Crippen LogP contribution < -0.4 is 0 Å². The Hall–Kier alpha value is -1.95. The summed E-state index contributed by atoms with van der Waals surface area (Å²) in [5.41, 5.74) is -1.37. The van der Waals surface area contributed by atoms with Gasteiger partial charge in [0.2, 0.25) is 0 Å². The van der Waals surface area contributed by atoms with E-state index in [0.717, 1.165) is 0 Å². The van der Waals surface area contributed by atoms with E-state index in [1.165, 1.54) is 25.1 Å². The molecule has 1 atom stereocenters. The topological polar surface area (TPSA) is 86.5 Å². The van der Waals surface area contributed by atoms with Gasteiger partial charge in [-0.1, -0.05) is 17.7 Å². The monoisotopic (exact) mass is 297 g/mol. The van der Waals surface area contributed by atoms with Gasteiger partial charge in [0.05, 0.1) is 16.6 Å². The average molecular weight is 298 g/mol. The van der Waals surface area contributed by atoms with Gasteiger partial charge in [-0.05, 0) is 13.0 Å². The minimum Gasteiger partial charge on any atom is -0.465 e. The zero-order valence-electron chi connectivity index (χ0n) is 10.7. The number of carbonyl (C=O) groups excluding carboxylic acids is 2. The van der Waals surface area contributed by atoms with Crippen molar-refractivity contribution in [2.75, 3.05) is 6.61 Å². The molecule has 1 unspecified atom stereocenters. The van der Waals surface area contributed by atoms with Crippen LogP contribution in [0.25, 0.3) is 0 Å². The van der Waals surface area contributed by atoms with Gasteiger partial charge in [-0.2, -0.15) is 0 Å². The molecule has 0 aliphatic carbocycles. The van der Waals surface area contributed by atoms with Crippen molar-refractivity contribution >= 4 is 29.0 Å². The molecule has 0 amide bonds. The van der Waals surface area contributed by atoms with E-state index in [-0.39, 0.29) is 41.5 Å². The molecule has 1 aliphatic heterocycles. The Kier molecular flexibility index (Phi) is 3.76. The van der Waals surface area contributed by atoms with Gasteiger partial charge < -0.3 is 4.74 Å². The Bertz CT molecular complexity index is 600. The molecule has 1 aliphatic rings. The van der Waals surface area contributed by atoms with E-state index in [4.69, 9.17) is 16.3 Å². The maximum atomic E-state index is 11.9. The van der Waals surface area contributed by atoms with Crippen LogP contribution in [0, 0.1) is 15.5 Å². The summed E-state index contributed by atoms with van der Waals surface area (Å²) in [4.78, 5) is 34.2. The molecule has 0 spiro atoms. The van der Waals surface area contributed by atoms with E-state index in [1.54, 1.807) is 0 Å². The van der Waals surface area contributed by atoms with Crippen molar-refractivity contribution in [2.24, 2.45) is 5.41 Å². The quantitative estimate of drug-likeness (QED) is 0.368. The fourth-order valence-electron chi connectivity index (χ4n) is 2.36. The highest BCUT2D eigenvalue weighted by Crippen LogP contribution is 2.39. The van der Waals surface area contributed by atoms with Crippen molar-refractivity contribution in [1.82, 2.24) is 0 Å². The van der Waals surface area contributed by atoms with Crippen LogP contribution in [0.2, 0.25) is 5.02 Å². The summed E-state index contributed by atoms with van der Waals surface area (Å²) in [5.74, 6) is -1.01. The number of nitro groups is 1.